The number of halogens is 1. The second-order valence-corrected chi connectivity index (χ2v) is 4.56. The van der Waals surface area contributed by atoms with Crippen molar-refractivity contribution in [1.82, 2.24) is 4.98 Å². The zero-order valence-corrected chi connectivity index (χ0v) is 10.1. The van der Waals surface area contributed by atoms with Crippen molar-refractivity contribution in [3.8, 4) is 0 Å². The number of nitrogens with zero attached hydrogens (tertiary/aromatic N) is 1. The number of pyridine rings is 1. The molecule has 2 rings (SSSR count). The van der Waals surface area contributed by atoms with E-state index >= 15 is 0 Å². The molecule has 82 valence electrons. The molecule has 0 saturated carbocycles. The van der Waals surface area contributed by atoms with Crippen molar-refractivity contribution in [2.24, 2.45) is 0 Å². The van der Waals surface area contributed by atoms with Crippen LogP contribution in [0.2, 0.25) is 0 Å². The molecule has 4 nitrogen and oxygen atoms in total. The van der Waals surface area contributed by atoms with Crippen LogP contribution in [0.15, 0.2) is 16.9 Å². The van der Waals surface area contributed by atoms with E-state index in [0.717, 1.165) is 23.2 Å². The molecule has 15 heavy (non-hydrogen) atoms. The van der Waals surface area contributed by atoms with Gasteiger partial charge in [0.15, 0.2) is 0 Å². The van der Waals surface area contributed by atoms with E-state index in [0.29, 0.717) is 11.7 Å². The second kappa shape index (κ2) is 4.37. The van der Waals surface area contributed by atoms with E-state index in [9.17, 15) is 0 Å². The standard InChI is InChI=1S/C10H14BrN3O/c1-6-9(2-3-15-6)14-10-7(11)4-13-5-8(10)12/h4-6,9H,2-3,12H2,1H3,(H,13,14). The number of nitrogens with one attached hydrogen (secondary N) is 1. The van der Waals surface area contributed by atoms with Gasteiger partial charge in [-0.2, -0.15) is 0 Å². The highest BCUT2D eigenvalue weighted by atomic mass is 79.9. The van der Waals surface area contributed by atoms with E-state index in [1.54, 1.807) is 12.4 Å². The normalized spacial score (nSPS) is 25.5. The van der Waals surface area contributed by atoms with Gasteiger partial charge in [0.1, 0.15) is 0 Å². The topological polar surface area (TPSA) is 60.2 Å². The predicted octanol–water partition coefficient (Wildman–Crippen LogP) is 2.02. The Morgan fingerprint density at radius 3 is 3.00 bits per heavy atom. The van der Waals surface area contributed by atoms with Gasteiger partial charge in [-0.25, -0.2) is 0 Å². The maximum atomic E-state index is 5.85. The predicted molar refractivity (Wildman–Crippen MR) is 63.8 cm³/mol. The van der Waals surface area contributed by atoms with E-state index in [2.05, 4.69) is 33.2 Å². The highest BCUT2D eigenvalue weighted by molar-refractivity contribution is 9.10. The van der Waals surface area contributed by atoms with Crippen molar-refractivity contribution in [3.05, 3.63) is 16.9 Å². The Labute approximate surface area is 97.3 Å². The van der Waals surface area contributed by atoms with Gasteiger partial charge in [0.25, 0.3) is 0 Å². The Balaban J connectivity index is 2.16. The summed E-state index contributed by atoms with van der Waals surface area (Å²) in [4.78, 5) is 3.99. The molecule has 2 atom stereocenters. The average molecular weight is 272 g/mol. The molecule has 1 saturated heterocycles. The van der Waals surface area contributed by atoms with Crippen molar-refractivity contribution < 1.29 is 4.74 Å². The molecule has 1 fully saturated rings. The highest BCUT2D eigenvalue weighted by Crippen LogP contribution is 2.29. The summed E-state index contributed by atoms with van der Waals surface area (Å²) in [6.07, 6.45) is 4.62. The minimum Gasteiger partial charge on any atom is -0.396 e. The van der Waals surface area contributed by atoms with Crippen LogP contribution < -0.4 is 11.1 Å². The van der Waals surface area contributed by atoms with Gasteiger partial charge in [-0.05, 0) is 29.3 Å². The van der Waals surface area contributed by atoms with E-state index in [1.165, 1.54) is 0 Å². The van der Waals surface area contributed by atoms with Crippen LogP contribution in [0.25, 0.3) is 0 Å². The Morgan fingerprint density at radius 2 is 2.40 bits per heavy atom. The molecule has 1 aliphatic heterocycles. The van der Waals surface area contributed by atoms with Gasteiger partial charge in [0.05, 0.1) is 34.2 Å². The third-order valence-electron chi connectivity index (χ3n) is 2.63. The van der Waals surface area contributed by atoms with Crippen LogP contribution in [0.4, 0.5) is 11.4 Å². The maximum absolute atomic E-state index is 5.85. The van der Waals surface area contributed by atoms with Crippen molar-refractivity contribution in [2.45, 2.75) is 25.5 Å². The summed E-state index contributed by atoms with van der Waals surface area (Å²) in [5, 5.41) is 3.39. The minimum absolute atomic E-state index is 0.226. The fraction of sp³-hybridized carbons (Fsp3) is 0.500. The molecular weight excluding hydrogens is 258 g/mol. The lowest BCUT2D eigenvalue weighted by Crippen LogP contribution is -2.27. The maximum Gasteiger partial charge on any atom is 0.0753 e. The Kier molecular flexibility index (Phi) is 3.11. The number of nitrogens with two attached hydrogens (primary N) is 1. The summed E-state index contributed by atoms with van der Waals surface area (Å²) >= 11 is 3.43. The highest BCUT2D eigenvalue weighted by Gasteiger charge is 2.25. The Bertz CT molecular complexity index is 338. The fourth-order valence-electron chi connectivity index (χ4n) is 1.71. The lowest BCUT2D eigenvalue weighted by molar-refractivity contribution is 0.121. The van der Waals surface area contributed by atoms with E-state index in [-0.39, 0.29) is 6.10 Å². The number of hydrogen-bond donors (Lipinski definition) is 2. The fourth-order valence-corrected chi connectivity index (χ4v) is 2.17. The molecular formula is C10H14BrN3O. The van der Waals surface area contributed by atoms with Crippen LogP contribution in [0.1, 0.15) is 13.3 Å². The van der Waals surface area contributed by atoms with E-state index in [4.69, 9.17) is 10.5 Å². The Morgan fingerprint density at radius 1 is 1.60 bits per heavy atom. The van der Waals surface area contributed by atoms with Crippen LogP contribution in [0.5, 0.6) is 0 Å². The van der Waals surface area contributed by atoms with E-state index < -0.39 is 0 Å². The Hall–Kier alpha value is -0.810. The van der Waals surface area contributed by atoms with Crippen LogP contribution in [-0.2, 0) is 4.74 Å². The summed E-state index contributed by atoms with van der Waals surface area (Å²) in [6.45, 7) is 2.87. The molecule has 0 radical (unpaired) electrons. The van der Waals surface area contributed by atoms with Gasteiger partial charge in [0.2, 0.25) is 0 Å². The lowest BCUT2D eigenvalue weighted by Gasteiger charge is -2.19. The summed E-state index contributed by atoms with van der Waals surface area (Å²) in [7, 11) is 0. The zero-order chi connectivity index (χ0) is 10.8. The van der Waals surface area contributed by atoms with Crippen molar-refractivity contribution in [3.63, 3.8) is 0 Å². The molecule has 0 amide bonds. The van der Waals surface area contributed by atoms with Crippen molar-refractivity contribution in [1.29, 1.82) is 0 Å². The summed E-state index contributed by atoms with van der Waals surface area (Å²) in [5.74, 6) is 0. The van der Waals surface area contributed by atoms with Gasteiger partial charge < -0.3 is 15.8 Å². The number of ether oxygens (including phenoxy) is 1. The number of anilines is 2. The average Bonchev–Trinajstić information content (AvgIpc) is 2.58. The summed E-state index contributed by atoms with van der Waals surface area (Å²) in [5.41, 5.74) is 7.41. The summed E-state index contributed by atoms with van der Waals surface area (Å²) < 4.78 is 6.37. The third kappa shape index (κ3) is 2.23. The van der Waals surface area contributed by atoms with Gasteiger partial charge in [-0.15, -0.1) is 0 Å². The van der Waals surface area contributed by atoms with E-state index in [1.807, 2.05) is 0 Å². The first-order chi connectivity index (χ1) is 7.18. The van der Waals surface area contributed by atoms with Crippen LogP contribution >= 0.6 is 15.9 Å². The SMILES string of the molecule is CC1OCCC1Nc1c(N)cncc1Br. The van der Waals surface area contributed by atoms with Gasteiger partial charge in [-0.3, -0.25) is 4.98 Å². The lowest BCUT2D eigenvalue weighted by atomic mass is 10.1. The van der Waals surface area contributed by atoms with Crippen LogP contribution in [0, 0.1) is 0 Å². The molecule has 2 unspecified atom stereocenters. The smallest absolute Gasteiger partial charge is 0.0753 e. The van der Waals surface area contributed by atoms with Gasteiger partial charge >= 0.3 is 0 Å². The molecule has 0 bridgehead atoms. The molecule has 0 spiro atoms. The quantitative estimate of drug-likeness (QED) is 0.864. The monoisotopic (exact) mass is 271 g/mol. The zero-order valence-electron chi connectivity index (χ0n) is 8.53. The first kappa shape index (κ1) is 10.7. The first-order valence-corrected chi connectivity index (χ1v) is 5.75. The largest absolute Gasteiger partial charge is 0.396 e. The van der Waals surface area contributed by atoms with Crippen LogP contribution in [0.3, 0.4) is 0 Å². The number of nitrogen functional groups attached to an aromatic ring is 1. The molecule has 1 aromatic rings. The van der Waals surface area contributed by atoms with Gasteiger partial charge in [-0.1, -0.05) is 0 Å². The summed E-state index contributed by atoms with van der Waals surface area (Å²) in [6, 6.07) is 0.325. The first-order valence-electron chi connectivity index (χ1n) is 4.95. The number of aromatic nitrogens is 1. The molecule has 0 aliphatic carbocycles. The molecule has 3 N–H and O–H groups in total. The third-order valence-corrected chi connectivity index (χ3v) is 3.24. The van der Waals surface area contributed by atoms with Crippen LogP contribution in [-0.4, -0.2) is 23.7 Å². The second-order valence-electron chi connectivity index (χ2n) is 3.70. The molecule has 1 aliphatic rings. The molecule has 2 heterocycles. The van der Waals surface area contributed by atoms with Crippen molar-refractivity contribution >= 4 is 27.3 Å². The molecule has 1 aromatic heterocycles. The number of hydrogen-bond acceptors (Lipinski definition) is 4. The molecule has 5 heteroatoms. The molecule has 0 aromatic carbocycles. The van der Waals surface area contributed by atoms with Crippen molar-refractivity contribution in [2.75, 3.05) is 17.7 Å². The minimum atomic E-state index is 0.226. The number of rotatable bonds is 2. The van der Waals surface area contributed by atoms with Gasteiger partial charge in [0, 0.05) is 12.8 Å².